The molecule has 0 saturated carbocycles. The molecule has 0 amide bonds. The number of aromatic nitrogens is 1. The first kappa shape index (κ1) is 34.9. The van der Waals surface area contributed by atoms with Gasteiger partial charge in [-0.2, -0.15) is 0 Å². The molecule has 0 saturated heterocycles. The number of fused-ring (bicyclic) bond motifs is 16. The van der Waals surface area contributed by atoms with Gasteiger partial charge in [0.05, 0.1) is 0 Å². The zero-order valence-electron chi connectivity index (χ0n) is 37.1. The van der Waals surface area contributed by atoms with Gasteiger partial charge in [-0.3, -0.25) is 4.98 Å². The predicted molar refractivity (Wildman–Crippen MR) is 289 cm³/mol. The van der Waals surface area contributed by atoms with Gasteiger partial charge in [0.2, 0.25) is 0 Å². The average molecular weight is 844 g/mol. The zero-order chi connectivity index (χ0) is 43.7. The highest BCUT2D eigenvalue weighted by molar-refractivity contribution is 6.54. The van der Waals surface area contributed by atoms with Crippen molar-refractivity contribution >= 4 is 129 Å². The maximum absolute atomic E-state index is 4.67. The maximum Gasteiger partial charge on any atom is 0.0382 e. The molecule has 0 spiro atoms. The first-order valence-electron chi connectivity index (χ1n) is 23.7. The third kappa shape index (κ3) is 4.02. The van der Waals surface area contributed by atoms with Gasteiger partial charge in [0.1, 0.15) is 0 Å². The molecule has 1 aliphatic rings. The van der Waals surface area contributed by atoms with Crippen LogP contribution >= 0.6 is 0 Å². The van der Waals surface area contributed by atoms with Crippen LogP contribution in [-0.2, 0) is 0 Å². The summed E-state index contributed by atoms with van der Waals surface area (Å²) >= 11 is 0. The molecule has 16 aromatic rings. The molecule has 17 rings (SSSR count). The van der Waals surface area contributed by atoms with Crippen LogP contribution in [0.2, 0.25) is 0 Å². The summed E-state index contributed by atoms with van der Waals surface area (Å²) in [6.07, 6.45) is 0. The standard InChI is InChI=1S/C66H37N/c1-32-10-4-5-13-38(32)56-54-31-53-42-16-8-11-35-12-9-17-49(55(35)42)61(53)62-40-14-6-7-15-41(40)63(66(54)62)65-51-27-25-47-45-22-23-48-52-30-36(37-28-33(2)67-34(3)29-37)18-19-39(52)43-20-21-44(58(45)57(43)48)46-24-26-50(64(56)65)60(51)59(46)47/h4-31H,1-3H3. The molecule has 0 N–H and O–H groups in total. The lowest BCUT2D eigenvalue weighted by atomic mass is 9.86. The number of aryl methyl sites for hydroxylation is 3. The lowest BCUT2D eigenvalue weighted by Crippen LogP contribution is -1.89. The highest BCUT2D eigenvalue weighted by atomic mass is 14.7. The van der Waals surface area contributed by atoms with E-state index in [-0.39, 0.29) is 0 Å². The van der Waals surface area contributed by atoms with Crippen molar-refractivity contribution < 1.29 is 0 Å². The van der Waals surface area contributed by atoms with Crippen LogP contribution in [0.4, 0.5) is 0 Å². The van der Waals surface area contributed by atoms with Crippen LogP contribution in [0.3, 0.4) is 0 Å². The highest BCUT2D eigenvalue weighted by Crippen LogP contribution is 2.59. The van der Waals surface area contributed by atoms with Crippen molar-refractivity contribution in [1.29, 1.82) is 0 Å². The van der Waals surface area contributed by atoms with Gasteiger partial charge in [-0.1, -0.05) is 146 Å². The third-order valence-electron chi connectivity index (χ3n) is 16.4. The molecule has 15 aromatic carbocycles. The van der Waals surface area contributed by atoms with Crippen molar-refractivity contribution in [2.45, 2.75) is 20.8 Å². The Morgan fingerprint density at radius 3 is 1.46 bits per heavy atom. The van der Waals surface area contributed by atoms with Crippen molar-refractivity contribution in [3.63, 3.8) is 0 Å². The average Bonchev–Trinajstić information content (AvgIpc) is 4.08. The molecule has 1 heteroatoms. The minimum atomic E-state index is 1.05. The fourth-order valence-corrected chi connectivity index (χ4v) is 14.0. The molecular formula is C66H37N. The van der Waals surface area contributed by atoms with Crippen LogP contribution in [0.25, 0.3) is 174 Å². The minimum absolute atomic E-state index is 1.05. The Hall–Kier alpha value is -8.39. The summed E-state index contributed by atoms with van der Waals surface area (Å²) in [7, 11) is 0. The second kappa shape index (κ2) is 11.7. The maximum atomic E-state index is 4.67. The molecule has 0 aliphatic heterocycles. The van der Waals surface area contributed by atoms with E-state index in [0.717, 1.165) is 11.4 Å². The molecule has 0 bridgehead atoms. The minimum Gasteiger partial charge on any atom is -0.258 e. The summed E-state index contributed by atoms with van der Waals surface area (Å²) in [5.41, 5.74) is 13.8. The van der Waals surface area contributed by atoms with Gasteiger partial charge in [-0.25, -0.2) is 0 Å². The smallest absolute Gasteiger partial charge is 0.0382 e. The third-order valence-corrected chi connectivity index (χ3v) is 16.4. The molecule has 1 aliphatic carbocycles. The molecule has 67 heavy (non-hydrogen) atoms. The Balaban J connectivity index is 1.05. The highest BCUT2D eigenvalue weighted by Gasteiger charge is 2.31. The van der Waals surface area contributed by atoms with E-state index in [1.807, 2.05) is 0 Å². The van der Waals surface area contributed by atoms with Crippen LogP contribution in [0.5, 0.6) is 0 Å². The number of hydrogen-bond donors (Lipinski definition) is 0. The van der Waals surface area contributed by atoms with E-state index in [0.29, 0.717) is 0 Å². The molecule has 0 radical (unpaired) electrons. The zero-order valence-corrected chi connectivity index (χ0v) is 37.1. The summed E-state index contributed by atoms with van der Waals surface area (Å²) in [5.74, 6) is 0. The largest absolute Gasteiger partial charge is 0.258 e. The number of pyridine rings is 1. The Labute approximate surface area is 384 Å². The first-order valence-corrected chi connectivity index (χ1v) is 23.7. The summed E-state index contributed by atoms with van der Waals surface area (Å²) in [5, 5.41) is 32.6. The van der Waals surface area contributed by atoms with Gasteiger partial charge in [-0.15, -0.1) is 0 Å². The SMILES string of the molecule is Cc1cc(-c2ccc3c(c2)-c2ccc4c5ccc6c7c(ccc(c8ccc-3c2c84)c57)c2c(-c3ccccc3C)c3cc4c5cccc7cccc(c75)c4c4c5ccccc5c(c62)c34)cc(C)n1. The molecule has 0 unspecified atom stereocenters. The van der Waals surface area contributed by atoms with Gasteiger partial charge >= 0.3 is 0 Å². The number of nitrogens with zero attached hydrogens (tertiary/aromatic N) is 1. The topological polar surface area (TPSA) is 12.9 Å². The van der Waals surface area contributed by atoms with Crippen molar-refractivity contribution in [2.75, 3.05) is 0 Å². The van der Waals surface area contributed by atoms with Crippen molar-refractivity contribution in [3.8, 4) is 44.5 Å². The molecule has 0 atom stereocenters. The molecule has 1 aromatic heterocycles. The van der Waals surface area contributed by atoms with Crippen LogP contribution in [0.15, 0.2) is 170 Å². The molecule has 1 nitrogen and oxygen atoms in total. The predicted octanol–water partition coefficient (Wildman–Crippen LogP) is 18.6. The van der Waals surface area contributed by atoms with Crippen LogP contribution in [-0.4, -0.2) is 4.98 Å². The second-order valence-corrected chi connectivity index (χ2v) is 19.7. The Kier molecular flexibility index (Phi) is 6.10. The van der Waals surface area contributed by atoms with Gasteiger partial charge in [0.25, 0.3) is 0 Å². The summed E-state index contributed by atoms with van der Waals surface area (Å²) in [6, 6.07) is 65.7. The van der Waals surface area contributed by atoms with E-state index >= 15 is 0 Å². The van der Waals surface area contributed by atoms with Crippen molar-refractivity contribution in [3.05, 3.63) is 187 Å². The fraction of sp³-hybridized carbons (Fsp3) is 0.0455. The van der Waals surface area contributed by atoms with Gasteiger partial charge in [0.15, 0.2) is 0 Å². The quantitative estimate of drug-likeness (QED) is 0.125. The summed E-state index contributed by atoms with van der Waals surface area (Å²) < 4.78 is 0. The Bertz CT molecular complexity index is 4890. The van der Waals surface area contributed by atoms with Crippen molar-refractivity contribution in [2.24, 2.45) is 0 Å². The van der Waals surface area contributed by atoms with Gasteiger partial charge in [0, 0.05) is 11.4 Å². The van der Waals surface area contributed by atoms with Crippen molar-refractivity contribution in [1.82, 2.24) is 4.98 Å². The summed E-state index contributed by atoms with van der Waals surface area (Å²) in [4.78, 5) is 4.67. The van der Waals surface area contributed by atoms with E-state index in [1.165, 1.54) is 179 Å². The normalized spacial score (nSPS) is 13.0. The first-order chi connectivity index (χ1) is 33.0. The molecule has 306 valence electrons. The lowest BCUT2D eigenvalue weighted by molar-refractivity contribution is 1.12. The van der Waals surface area contributed by atoms with E-state index in [4.69, 9.17) is 0 Å². The van der Waals surface area contributed by atoms with Crippen LogP contribution in [0, 0.1) is 20.8 Å². The fourth-order valence-electron chi connectivity index (χ4n) is 14.0. The van der Waals surface area contributed by atoms with Gasteiger partial charge < -0.3 is 0 Å². The van der Waals surface area contributed by atoms with E-state index in [1.54, 1.807) is 0 Å². The van der Waals surface area contributed by atoms with E-state index in [9.17, 15) is 0 Å². The molecule has 0 fully saturated rings. The Morgan fingerprint density at radius 2 is 0.731 bits per heavy atom. The van der Waals surface area contributed by atoms with Crippen LogP contribution in [0.1, 0.15) is 17.0 Å². The summed E-state index contributed by atoms with van der Waals surface area (Å²) in [6.45, 7) is 6.47. The van der Waals surface area contributed by atoms with E-state index < -0.39 is 0 Å². The molecule has 1 heterocycles. The number of benzene rings is 12. The molecular weight excluding hydrogens is 807 g/mol. The van der Waals surface area contributed by atoms with E-state index in [2.05, 4.69) is 196 Å². The van der Waals surface area contributed by atoms with Gasteiger partial charge in [-0.05, 0) is 224 Å². The number of rotatable bonds is 2. The Morgan fingerprint density at radius 1 is 0.254 bits per heavy atom. The monoisotopic (exact) mass is 843 g/mol. The number of hydrogen-bond acceptors (Lipinski definition) is 1. The second-order valence-electron chi connectivity index (χ2n) is 19.7. The lowest BCUT2D eigenvalue weighted by Gasteiger charge is -2.16. The van der Waals surface area contributed by atoms with Crippen LogP contribution < -0.4 is 0 Å².